The molecule has 0 unspecified atom stereocenters. The molecule has 0 atom stereocenters. The summed E-state index contributed by atoms with van der Waals surface area (Å²) in [4.78, 5) is 0. The minimum absolute atomic E-state index is 0. The maximum atomic E-state index is 3.44. The summed E-state index contributed by atoms with van der Waals surface area (Å²) in [6.07, 6.45) is 0. The van der Waals surface area contributed by atoms with E-state index in [0.29, 0.717) is 0 Å². The van der Waals surface area contributed by atoms with Gasteiger partial charge in [0.15, 0.2) is 0 Å². The van der Waals surface area contributed by atoms with Gasteiger partial charge in [0.05, 0.1) is 0 Å². The van der Waals surface area contributed by atoms with Gasteiger partial charge in [0, 0.05) is 0 Å². The first-order chi connectivity index (χ1) is 1.41. The van der Waals surface area contributed by atoms with Crippen LogP contribution < -0.4 is 6.15 Å². The average molecular weight is 83.2 g/mol. The molecule has 1 nitrogen and oxygen atoms in total. The molecule has 3 N–H and O–H groups in total. The Labute approximate surface area is 60.6 Å². The second-order valence-corrected chi connectivity index (χ2v) is 1.68. The molecule has 4 heavy (non-hydrogen) atoms. The SMILES string of the molecule is C=[CH][K].N. The second kappa shape index (κ2) is 8.84. The second-order valence-electron chi connectivity index (χ2n) is 0.408. The molecular weight excluding hydrogens is 77.1 g/mol. The van der Waals surface area contributed by atoms with Crippen LogP contribution in [0.4, 0.5) is 0 Å². The summed E-state index contributed by atoms with van der Waals surface area (Å²) in [5, 5.41) is 0. The van der Waals surface area contributed by atoms with Crippen molar-refractivity contribution in [3.8, 4) is 0 Å². The molecule has 2 heteroatoms. The van der Waals surface area contributed by atoms with Crippen LogP contribution in [0.5, 0.6) is 0 Å². The number of hydrogen-bond donors (Lipinski definition) is 1. The minimum atomic E-state index is 0. The first-order valence-electron chi connectivity index (χ1n) is 0.986. The van der Waals surface area contributed by atoms with E-state index in [1.807, 2.05) is 0.171 Å². The van der Waals surface area contributed by atoms with Crippen molar-refractivity contribution < 1.29 is 0 Å². The van der Waals surface area contributed by atoms with Gasteiger partial charge in [-0.3, -0.25) is 0 Å². The van der Waals surface area contributed by atoms with Crippen LogP contribution >= 0.6 is 0 Å². The van der Waals surface area contributed by atoms with E-state index in [4.69, 9.17) is 0 Å². The van der Waals surface area contributed by atoms with E-state index >= 15 is 0 Å². The Hall–Kier alpha value is 1.34. The van der Waals surface area contributed by atoms with Crippen LogP contribution in [0.1, 0.15) is 0 Å². The molecule has 0 aromatic carbocycles. The van der Waals surface area contributed by atoms with Crippen molar-refractivity contribution in [2.45, 2.75) is 0 Å². The summed E-state index contributed by atoms with van der Waals surface area (Å²) in [6.45, 7) is 3.44. The third kappa shape index (κ3) is 10.2. The Morgan fingerprint density at radius 1 is 1.75 bits per heavy atom. The summed E-state index contributed by atoms with van der Waals surface area (Å²) >= 11 is 0.868. The summed E-state index contributed by atoms with van der Waals surface area (Å²) in [5.41, 5.74) is 0. The summed E-state index contributed by atoms with van der Waals surface area (Å²) in [5.74, 6) is 0. The smallest absolute Gasteiger partial charge is 0.344 e. The minimum Gasteiger partial charge on any atom is -0.344 e. The molecule has 0 aliphatic heterocycles. The van der Waals surface area contributed by atoms with Crippen LogP contribution in [0.3, 0.4) is 0 Å². The van der Waals surface area contributed by atoms with Crippen molar-refractivity contribution >= 4 is 49.0 Å². The van der Waals surface area contributed by atoms with E-state index < -0.39 is 0 Å². The first-order valence-corrected chi connectivity index (χ1v) is 2.79. The Morgan fingerprint density at radius 3 is 1.75 bits per heavy atom. The van der Waals surface area contributed by atoms with Gasteiger partial charge in [0.1, 0.15) is 0 Å². The normalized spacial score (nSPS) is 3.50. The average Bonchev–Trinajstić information content (AvgIpc) is 0.918. The number of hydrogen-bond acceptors (Lipinski definition) is 1. The zero-order valence-electron chi connectivity index (χ0n) is 2.99. The molecule has 0 heterocycles. The van der Waals surface area contributed by atoms with Gasteiger partial charge in [-0.1, -0.05) is 0 Å². The number of rotatable bonds is 0. The van der Waals surface area contributed by atoms with E-state index in [1.54, 1.807) is 0 Å². The van der Waals surface area contributed by atoms with Crippen molar-refractivity contribution in [2.24, 2.45) is 0 Å². The van der Waals surface area contributed by atoms with Crippen LogP contribution in [-0.2, 0) is 0 Å². The molecule has 0 aliphatic carbocycles. The standard InChI is InChI=1S/C2H3.K.H3N/c1-2;;/h1H,2H2;;1H3. The maximum Gasteiger partial charge on any atom is -0.344 e. The fourth-order valence-corrected chi connectivity index (χ4v) is 0. The molecule has 0 radical (unpaired) electrons. The fourth-order valence-electron chi connectivity index (χ4n) is 0. The van der Waals surface area contributed by atoms with Gasteiger partial charge >= 0.3 is 55.7 Å². The molecule has 0 aromatic heterocycles. The van der Waals surface area contributed by atoms with Gasteiger partial charge in [-0.15, -0.1) is 0 Å². The molecule has 0 saturated carbocycles. The zero-order valence-corrected chi connectivity index (χ0v) is 6.11. The predicted molar refractivity (Wildman–Crippen MR) is 21.0 cm³/mol. The molecule has 0 amide bonds. The predicted octanol–water partition coefficient (Wildman–Crippen LogP) is 0.460. The van der Waals surface area contributed by atoms with Gasteiger partial charge < -0.3 is 6.15 Å². The molecule has 0 rings (SSSR count). The van der Waals surface area contributed by atoms with E-state index in [0.717, 1.165) is 49.0 Å². The van der Waals surface area contributed by atoms with Crippen molar-refractivity contribution in [1.82, 2.24) is 6.15 Å². The van der Waals surface area contributed by atoms with E-state index in [9.17, 15) is 0 Å². The quantitative estimate of drug-likeness (QED) is 0.424. The van der Waals surface area contributed by atoms with Gasteiger partial charge in [0.2, 0.25) is 0 Å². The topological polar surface area (TPSA) is 35.0 Å². The Kier molecular flexibility index (Phi) is 19.9. The first kappa shape index (κ1) is 9.01. The molecule has 0 aromatic rings. The summed E-state index contributed by atoms with van der Waals surface area (Å²) in [6, 6.07) is 0. The van der Waals surface area contributed by atoms with Gasteiger partial charge in [-0.2, -0.15) is 0 Å². The van der Waals surface area contributed by atoms with E-state index in [2.05, 4.69) is 6.58 Å². The summed E-state index contributed by atoms with van der Waals surface area (Å²) in [7, 11) is 0. The van der Waals surface area contributed by atoms with Crippen LogP contribution in [0.25, 0.3) is 0 Å². The molecule has 0 saturated heterocycles. The Morgan fingerprint density at radius 2 is 1.75 bits per heavy atom. The molecule has 0 bridgehead atoms. The van der Waals surface area contributed by atoms with Crippen molar-refractivity contribution in [1.29, 1.82) is 0 Å². The van der Waals surface area contributed by atoms with Crippen molar-refractivity contribution in [2.75, 3.05) is 0 Å². The van der Waals surface area contributed by atoms with Crippen molar-refractivity contribution in [3.63, 3.8) is 0 Å². The van der Waals surface area contributed by atoms with Crippen LogP contribution in [0, 0.1) is 0 Å². The zero-order chi connectivity index (χ0) is 2.71. The Balaban J connectivity index is 0. The van der Waals surface area contributed by atoms with Crippen molar-refractivity contribution in [3.05, 3.63) is 6.75 Å². The summed E-state index contributed by atoms with van der Waals surface area (Å²) < 4.78 is 1.94. The third-order valence-corrected chi connectivity index (χ3v) is 0. The van der Waals surface area contributed by atoms with E-state index in [1.165, 1.54) is 0 Å². The Bertz CT molecular complexity index is 13.5. The molecule has 0 aliphatic rings. The maximum absolute atomic E-state index is 3.44. The monoisotopic (exact) mass is 83.0 g/mol. The van der Waals surface area contributed by atoms with Gasteiger partial charge in [-0.25, -0.2) is 0 Å². The van der Waals surface area contributed by atoms with Gasteiger partial charge in [-0.05, 0) is 0 Å². The largest absolute Gasteiger partial charge is 0.344 e. The van der Waals surface area contributed by atoms with Crippen LogP contribution in [0.15, 0.2) is 6.75 Å². The molecule has 0 spiro atoms. The van der Waals surface area contributed by atoms with Crippen LogP contribution in [0.2, 0.25) is 0 Å². The van der Waals surface area contributed by atoms with Crippen LogP contribution in [-0.4, -0.2) is 49.0 Å². The molecular formula is C2H6KN. The van der Waals surface area contributed by atoms with E-state index in [-0.39, 0.29) is 6.15 Å². The third-order valence-electron chi connectivity index (χ3n) is 0. The fraction of sp³-hybridized carbons (Fsp3) is 0. The molecule has 0 fully saturated rings. The molecule has 20 valence electrons. The van der Waals surface area contributed by atoms with Gasteiger partial charge in [0.25, 0.3) is 0 Å².